The Kier molecular flexibility index (Phi) is 6.26. The van der Waals surface area contributed by atoms with Gasteiger partial charge in [0.25, 0.3) is 0 Å². The van der Waals surface area contributed by atoms with Gasteiger partial charge in [-0.25, -0.2) is 0 Å². The van der Waals surface area contributed by atoms with Crippen LogP contribution in [0.3, 0.4) is 0 Å². The monoisotopic (exact) mass is 300 g/mol. The van der Waals surface area contributed by atoms with Crippen LogP contribution in [0.15, 0.2) is 41.8 Å². The summed E-state index contributed by atoms with van der Waals surface area (Å²) >= 11 is 1.77. The molecule has 0 aliphatic rings. The average molecular weight is 300 g/mol. The third-order valence-electron chi connectivity index (χ3n) is 3.31. The summed E-state index contributed by atoms with van der Waals surface area (Å²) in [5, 5.41) is 10.8. The van der Waals surface area contributed by atoms with Gasteiger partial charge in [-0.3, -0.25) is 4.90 Å². The Hall–Kier alpha value is -1.83. The van der Waals surface area contributed by atoms with Gasteiger partial charge in [0.05, 0.1) is 13.2 Å². The summed E-state index contributed by atoms with van der Waals surface area (Å²) in [6, 6.07) is 14.6. The minimum atomic E-state index is 0.604. The predicted molar refractivity (Wildman–Crippen MR) is 86.3 cm³/mol. The van der Waals surface area contributed by atoms with Gasteiger partial charge in [0.1, 0.15) is 5.75 Å². The van der Waals surface area contributed by atoms with Gasteiger partial charge in [0.15, 0.2) is 0 Å². The lowest BCUT2D eigenvalue weighted by Crippen LogP contribution is -2.23. The number of rotatable bonds is 8. The highest BCUT2D eigenvalue weighted by Gasteiger charge is 2.10. The fourth-order valence-electron chi connectivity index (χ4n) is 2.29. The van der Waals surface area contributed by atoms with Crippen LogP contribution in [0.5, 0.6) is 5.75 Å². The molecule has 1 aromatic heterocycles. The second kappa shape index (κ2) is 8.46. The van der Waals surface area contributed by atoms with E-state index < -0.39 is 0 Å². The Bertz CT molecular complexity index is 575. The first-order valence-electron chi connectivity index (χ1n) is 7.07. The van der Waals surface area contributed by atoms with Crippen LogP contribution in [0, 0.1) is 11.3 Å². The smallest absolute Gasteiger partial charge is 0.123 e. The van der Waals surface area contributed by atoms with Crippen molar-refractivity contribution < 1.29 is 4.74 Å². The number of hydrogen-bond acceptors (Lipinski definition) is 4. The molecule has 110 valence electrons. The van der Waals surface area contributed by atoms with Crippen LogP contribution in [-0.4, -0.2) is 18.6 Å². The number of methoxy groups -OCH3 is 1. The molecule has 1 aromatic carbocycles. The number of thiophene rings is 1. The molecule has 3 nitrogen and oxygen atoms in total. The first-order chi connectivity index (χ1) is 10.3. The van der Waals surface area contributed by atoms with Crippen molar-refractivity contribution in [3.63, 3.8) is 0 Å². The SMILES string of the molecule is COc1ccccc1CN(CCCC#N)Cc1cccs1. The van der Waals surface area contributed by atoms with Crippen molar-refractivity contribution in [2.45, 2.75) is 25.9 Å². The fourth-order valence-corrected chi connectivity index (χ4v) is 3.04. The van der Waals surface area contributed by atoms with E-state index in [9.17, 15) is 0 Å². The van der Waals surface area contributed by atoms with E-state index in [0.717, 1.165) is 31.8 Å². The van der Waals surface area contributed by atoms with Gasteiger partial charge >= 0.3 is 0 Å². The molecule has 0 N–H and O–H groups in total. The molecule has 2 aromatic rings. The lowest BCUT2D eigenvalue weighted by Gasteiger charge is -2.22. The quantitative estimate of drug-likeness (QED) is 0.690. The van der Waals surface area contributed by atoms with E-state index in [1.54, 1.807) is 18.4 Å². The Morgan fingerprint density at radius 1 is 1.19 bits per heavy atom. The van der Waals surface area contributed by atoms with Crippen LogP contribution in [0.2, 0.25) is 0 Å². The van der Waals surface area contributed by atoms with Gasteiger partial charge in [-0.05, 0) is 30.5 Å². The molecule has 0 atom stereocenters. The highest BCUT2D eigenvalue weighted by atomic mass is 32.1. The van der Waals surface area contributed by atoms with Gasteiger partial charge in [-0.1, -0.05) is 24.3 Å². The van der Waals surface area contributed by atoms with Crippen molar-refractivity contribution in [1.82, 2.24) is 4.90 Å². The topological polar surface area (TPSA) is 36.3 Å². The third kappa shape index (κ3) is 4.89. The Labute approximate surface area is 130 Å². The van der Waals surface area contributed by atoms with Gasteiger partial charge in [-0.2, -0.15) is 5.26 Å². The van der Waals surface area contributed by atoms with Crippen molar-refractivity contribution in [2.24, 2.45) is 0 Å². The van der Waals surface area contributed by atoms with E-state index in [2.05, 4.69) is 34.5 Å². The normalized spacial score (nSPS) is 10.5. The first kappa shape index (κ1) is 15.6. The maximum absolute atomic E-state index is 8.72. The molecule has 0 amide bonds. The van der Waals surface area contributed by atoms with Crippen molar-refractivity contribution in [1.29, 1.82) is 5.26 Å². The maximum Gasteiger partial charge on any atom is 0.123 e. The molecule has 0 bridgehead atoms. The summed E-state index contributed by atoms with van der Waals surface area (Å²) in [6.45, 7) is 2.68. The average Bonchev–Trinajstić information content (AvgIpc) is 3.01. The fraction of sp³-hybridized carbons (Fsp3) is 0.353. The zero-order valence-corrected chi connectivity index (χ0v) is 13.1. The molecular formula is C17H20N2OS. The summed E-state index contributed by atoms with van der Waals surface area (Å²) in [4.78, 5) is 3.72. The Balaban J connectivity index is 2.05. The molecule has 1 heterocycles. The number of benzene rings is 1. The molecule has 0 radical (unpaired) electrons. The first-order valence-corrected chi connectivity index (χ1v) is 7.95. The molecule has 4 heteroatoms. The number of nitriles is 1. The highest BCUT2D eigenvalue weighted by molar-refractivity contribution is 7.09. The van der Waals surface area contributed by atoms with E-state index in [4.69, 9.17) is 10.00 Å². The number of para-hydroxylation sites is 1. The number of ether oxygens (including phenoxy) is 1. The summed E-state index contributed by atoms with van der Waals surface area (Å²) < 4.78 is 5.43. The lowest BCUT2D eigenvalue weighted by molar-refractivity contribution is 0.252. The molecule has 2 rings (SSSR count). The minimum absolute atomic E-state index is 0.604. The van der Waals surface area contributed by atoms with Gasteiger partial charge < -0.3 is 4.74 Å². The van der Waals surface area contributed by atoms with Crippen LogP contribution >= 0.6 is 11.3 Å². The van der Waals surface area contributed by atoms with E-state index in [0.29, 0.717) is 6.42 Å². The summed E-state index contributed by atoms with van der Waals surface area (Å²) in [5.74, 6) is 0.925. The van der Waals surface area contributed by atoms with E-state index in [1.807, 2.05) is 18.2 Å². The van der Waals surface area contributed by atoms with E-state index in [1.165, 1.54) is 10.4 Å². The van der Waals surface area contributed by atoms with Gasteiger partial charge in [0.2, 0.25) is 0 Å². The van der Waals surface area contributed by atoms with Crippen molar-refractivity contribution in [3.8, 4) is 11.8 Å². The zero-order valence-electron chi connectivity index (χ0n) is 12.3. The van der Waals surface area contributed by atoms with Crippen molar-refractivity contribution >= 4 is 11.3 Å². The number of hydrogen-bond donors (Lipinski definition) is 0. The lowest BCUT2D eigenvalue weighted by atomic mass is 10.1. The standard InChI is InChI=1S/C17H20N2OS/c1-20-17-9-3-2-7-15(17)13-19(11-5-4-10-18)14-16-8-6-12-21-16/h2-3,6-9,12H,4-5,11,13-14H2,1H3. The van der Waals surface area contributed by atoms with Crippen molar-refractivity contribution in [2.75, 3.05) is 13.7 Å². The third-order valence-corrected chi connectivity index (χ3v) is 4.17. The predicted octanol–water partition coefficient (Wildman–Crippen LogP) is 4.06. The molecule has 0 unspecified atom stereocenters. The van der Waals surface area contributed by atoms with Gasteiger partial charge in [0, 0.05) is 30.0 Å². The van der Waals surface area contributed by atoms with Crippen LogP contribution in [0.1, 0.15) is 23.3 Å². The van der Waals surface area contributed by atoms with Crippen LogP contribution < -0.4 is 4.74 Å². The molecule has 0 aliphatic heterocycles. The molecule has 0 spiro atoms. The zero-order chi connectivity index (χ0) is 14.9. The largest absolute Gasteiger partial charge is 0.496 e. The Morgan fingerprint density at radius 2 is 2.05 bits per heavy atom. The molecule has 0 saturated heterocycles. The molecule has 0 aliphatic carbocycles. The second-order valence-corrected chi connectivity index (χ2v) is 5.90. The van der Waals surface area contributed by atoms with E-state index in [-0.39, 0.29) is 0 Å². The van der Waals surface area contributed by atoms with Crippen LogP contribution in [-0.2, 0) is 13.1 Å². The van der Waals surface area contributed by atoms with Crippen molar-refractivity contribution in [3.05, 3.63) is 52.2 Å². The molecule has 0 saturated carbocycles. The number of unbranched alkanes of at least 4 members (excludes halogenated alkanes) is 1. The maximum atomic E-state index is 8.72. The van der Waals surface area contributed by atoms with Crippen LogP contribution in [0.4, 0.5) is 0 Å². The van der Waals surface area contributed by atoms with Crippen LogP contribution in [0.25, 0.3) is 0 Å². The second-order valence-electron chi connectivity index (χ2n) is 4.86. The Morgan fingerprint density at radius 3 is 2.76 bits per heavy atom. The molecular weight excluding hydrogens is 280 g/mol. The minimum Gasteiger partial charge on any atom is -0.496 e. The highest BCUT2D eigenvalue weighted by Crippen LogP contribution is 2.21. The summed E-state index contributed by atoms with van der Waals surface area (Å²) in [7, 11) is 1.71. The van der Waals surface area contributed by atoms with E-state index >= 15 is 0 Å². The number of nitrogens with zero attached hydrogens (tertiary/aromatic N) is 2. The molecule has 0 fully saturated rings. The molecule has 21 heavy (non-hydrogen) atoms. The van der Waals surface area contributed by atoms with Gasteiger partial charge in [-0.15, -0.1) is 11.3 Å². The summed E-state index contributed by atoms with van der Waals surface area (Å²) in [5.41, 5.74) is 1.19. The summed E-state index contributed by atoms with van der Waals surface area (Å²) in [6.07, 6.45) is 1.50.